The van der Waals surface area contributed by atoms with E-state index < -0.39 is 11.6 Å². The van der Waals surface area contributed by atoms with E-state index in [0.717, 1.165) is 41.5 Å². The molecule has 1 aliphatic heterocycles. The predicted molar refractivity (Wildman–Crippen MR) is 122 cm³/mol. The van der Waals surface area contributed by atoms with Crippen LogP contribution in [0.25, 0.3) is 11.1 Å². The van der Waals surface area contributed by atoms with E-state index in [0.29, 0.717) is 11.1 Å². The zero-order chi connectivity index (χ0) is 21.9. The van der Waals surface area contributed by atoms with E-state index in [-0.39, 0.29) is 30.1 Å². The fraction of sp³-hybridized carbons (Fsp3) is 0.296. The summed E-state index contributed by atoms with van der Waals surface area (Å²) in [6.45, 7) is 1.90. The summed E-state index contributed by atoms with van der Waals surface area (Å²) < 4.78 is 6.80. The van der Waals surface area contributed by atoms with Crippen LogP contribution in [-0.2, 0) is 15.1 Å². The van der Waals surface area contributed by atoms with Crippen LogP contribution in [0.2, 0.25) is 0 Å². The van der Waals surface area contributed by atoms with Gasteiger partial charge in [0.25, 0.3) is 0 Å². The largest absolute Gasteiger partial charge is 1.00 e. The Hall–Kier alpha value is -2.22. The summed E-state index contributed by atoms with van der Waals surface area (Å²) >= 11 is 0. The van der Waals surface area contributed by atoms with Crippen molar-refractivity contribution in [2.24, 2.45) is 0 Å². The zero-order valence-electron chi connectivity index (χ0n) is 18.6. The van der Waals surface area contributed by atoms with Crippen LogP contribution >= 0.6 is 0 Å². The lowest BCUT2D eigenvalue weighted by Gasteiger charge is -2.38. The fourth-order valence-electron chi connectivity index (χ4n) is 4.21. The van der Waals surface area contributed by atoms with Crippen molar-refractivity contribution in [3.05, 3.63) is 96.1 Å². The van der Waals surface area contributed by atoms with E-state index in [1.165, 1.54) is 0 Å². The minimum absolute atomic E-state index is 0. The number of piperidine rings is 1. The van der Waals surface area contributed by atoms with Gasteiger partial charge in [-0.05, 0) is 22.3 Å². The molecule has 1 saturated heterocycles. The number of carbonyl (C=O) groups is 1. The molecule has 0 spiro atoms. The number of halogens is 1. The van der Waals surface area contributed by atoms with Crippen molar-refractivity contribution >= 4 is 5.97 Å². The van der Waals surface area contributed by atoms with E-state index in [1.54, 1.807) is 12.1 Å². The van der Waals surface area contributed by atoms with Gasteiger partial charge in [0.2, 0.25) is 5.60 Å². The molecule has 1 unspecified atom stereocenters. The van der Waals surface area contributed by atoms with Crippen LogP contribution in [0.1, 0.15) is 24.0 Å². The van der Waals surface area contributed by atoms with Gasteiger partial charge >= 0.3 is 5.97 Å². The quantitative estimate of drug-likeness (QED) is 0.301. The molecular formula is C27H30INO3. The molecule has 0 radical (unpaired) electrons. The number of benzene rings is 3. The minimum atomic E-state index is -1.85. The highest BCUT2D eigenvalue weighted by atomic mass is 127. The highest BCUT2D eigenvalue weighted by molar-refractivity contribution is 5.86. The molecule has 0 aromatic heterocycles. The van der Waals surface area contributed by atoms with Crippen LogP contribution in [0, 0.1) is 0 Å². The number of aliphatic hydroxyl groups is 1. The molecule has 4 nitrogen and oxygen atoms in total. The first-order chi connectivity index (χ1) is 14.9. The molecule has 1 fully saturated rings. The second kappa shape index (κ2) is 10.1. The molecule has 3 aromatic carbocycles. The third-order valence-electron chi connectivity index (χ3n) is 6.28. The molecule has 1 heterocycles. The maximum atomic E-state index is 13.4. The Labute approximate surface area is 207 Å². The topological polar surface area (TPSA) is 46.5 Å². The van der Waals surface area contributed by atoms with Gasteiger partial charge in [0, 0.05) is 12.8 Å². The lowest BCUT2D eigenvalue weighted by atomic mass is 9.85. The SMILES string of the molecule is C[N+]1(C)CCC(OC(=O)C(O)(c2ccccc2)c2ccc(-c3ccccc3)cc2)CC1.[I-]. The molecule has 1 N–H and O–H groups in total. The van der Waals surface area contributed by atoms with Gasteiger partial charge in [0.15, 0.2) is 0 Å². The van der Waals surface area contributed by atoms with Crippen LogP contribution in [0.3, 0.4) is 0 Å². The third-order valence-corrected chi connectivity index (χ3v) is 6.28. The van der Waals surface area contributed by atoms with Crippen molar-refractivity contribution in [1.29, 1.82) is 0 Å². The molecule has 0 saturated carbocycles. The second-order valence-corrected chi connectivity index (χ2v) is 9.01. The molecule has 0 bridgehead atoms. The van der Waals surface area contributed by atoms with Crippen LogP contribution in [0.4, 0.5) is 0 Å². The minimum Gasteiger partial charge on any atom is -1.00 e. The summed E-state index contributed by atoms with van der Waals surface area (Å²) in [7, 11) is 4.37. The zero-order valence-corrected chi connectivity index (χ0v) is 20.7. The fourth-order valence-corrected chi connectivity index (χ4v) is 4.21. The van der Waals surface area contributed by atoms with Gasteiger partial charge in [-0.25, -0.2) is 4.79 Å². The summed E-state index contributed by atoms with van der Waals surface area (Å²) in [6, 6.07) is 26.6. The highest BCUT2D eigenvalue weighted by Crippen LogP contribution is 2.34. The summed E-state index contributed by atoms with van der Waals surface area (Å²) in [5.74, 6) is -0.608. The van der Waals surface area contributed by atoms with Gasteiger partial charge in [-0.1, -0.05) is 84.9 Å². The first kappa shape index (κ1) is 24.4. The van der Waals surface area contributed by atoms with Crippen molar-refractivity contribution in [2.45, 2.75) is 24.5 Å². The highest BCUT2D eigenvalue weighted by Gasteiger charge is 2.43. The number of esters is 1. The number of ether oxygens (including phenoxy) is 1. The Balaban J connectivity index is 0.00000289. The number of carbonyl (C=O) groups excluding carboxylic acids is 1. The first-order valence-electron chi connectivity index (χ1n) is 10.9. The van der Waals surface area contributed by atoms with Crippen LogP contribution in [0.5, 0.6) is 0 Å². The second-order valence-electron chi connectivity index (χ2n) is 9.01. The Kier molecular flexibility index (Phi) is 7.75. The number of quaternary nitrogens is 1. The van der Waals surface area contributed by atoms with Gasteiger partial charge in [-0.3, -0.25) is 0 Å². The number of rotatable bonds is 5. The number of hydrogen-bond donors (Lipinski definition) is 1. The molecule has 4 rings (SSSR count). The number of nitrogens with zero attached hydrogens (tertiary/aromatic N) is 1. The summed E-state index contributed by atoms with van der Waals surface area (Å²) in [4.78, 5) is 13.4. The lowest BCUT2D eigenvalue weighted by molar-refractivity contribution is -0.896. The van der Waals surface area contributed by atoms with Crippen molar-refractivity contribution in [3.8, 4) is 11.1 Å². The maximum absolute atomic E-state index is 13.4. The summed E-state index contributed by atoms with van der Waals surface area (Å²) in [5.41, 5.74) is 1.29. The van der Waals surface area contributed by atoms with Crippen LogP contribution in [0.15, 0.2) is 84.9 Å². The standard InChI is InChI=1S/C27H30NO3.HI/c1-28(2)19-17-25(18-20-28)31-26(29)27(30,23-11-7-4-8-12-23)24-15-13-22(14-16-24)21-9-5-3-6-10-21;/h3-16,25,30H,17-20H2,1-2H3;1H/q+1;/p-1. The Morgan fingerprint density at radius 2 is 1.28 bits per heavy atom. The van der Waals surface area contributed by atoms with Gasteiger partial charge in [0.05, 0.1) is 27.2 Å². The summed E-state index contributed by atoms with van der Waals surface area (Å²) in [5, 5.41) is 11.7. The van der Waals surface area contributed by atoms with Crippen LogP contribution in [-0.4, -0.2) is 48.8 Å². The van der Waals surface area contributed by atoms with Crippen LogP contribution < -0.4 is 24.0 Å². The molecule has 32 heavy (non-hydrogen) atoms. The Morgan fingerprint density at radius 1 is 0.812 bits per heavy atom. The Morgan fingerprint density at radius 3 is 1.84 bits per heavy atom. The van der Waals surface area contributed by atoms with Crippen molar-refractivity contribution in [3.63, 3.8) is 0 Å². The molecule has 0 amide bonds. The Bertz CT molecular complexity index is 1010. The molecule has 1 atom stereocenters. The number of likely N-dealkylation sites (tertiary alicyclic amines) is 1. The van der Waals surface area contributed by atoms with E-state index in [9.17, 15) is 9.90 Å². The molecule has 168 valence electrons. The predicted octanol–water partition coefficient (Wildman–Crippen LogP) is 1.38. The molecule has 1 aliphatic rings. The van der Waals surface area contributed by atoms with Gasteiger partial charge < -0.3 is 38.3 Å². The molecule has 3 aromatic rings. The smallest absolute Gasteiger partial charge is 0.347 e. The van der Waals surface area contributed by atoms with Crippen molar-refractivity contribution in [1.82, 2.24) is 0 Å². The average molecular weight is 543 g/mol. The monoisotopic (exact) mass is 543 g/mol. The van der Waals surface area contributed by atoms with Gasteiger partial charge in [0.1, 0.15) is 6.10 Å². The first-order valence-corrected chi connectivity index (χ1v) is 10.9. The normalized spacial score (nSPS) is 17.6. The molecular weight excluding hydrogens is 513 g/mol. The summed E-state index contributed by atoms with van der Waals surface area (Å²) in [6.07, 6.45) is 1.44. The third kappa shape index (κ3) is 5.22. The number of hydrogen-bond acceptors (Lipinski definition) is 3. The van der Waals surface area contributed by atoms with Crippen molar-refractivity contribution < 1.29 is 43.1 Å². The van der Waals surface area contributed by atoms with E-state index in [2.05, 4.69) is 14.1 Å². The maximum Gasteiger partial charge on any atom is 0.347 e. The average Bonchev–Trinajstić information content (AvgIpc) is 2.81. The van der Waals surface area contributed by atoms with E-state index in [1.807, 2.05) is 72.8 Å². The van der Waals surface area contributed by atoms with Gasteiger partial charge in [-0.15, -0.1) is 0 Å². The van der Waals surface area contributed by atoms with Crippen molar-refractivity contribution in [2.75, 3.05) is 27.2 Å². The van der Waals surface area contributed by atoms with Gasteiger partial charge in [-0.2, -0.15) is 0 Å². The molecule has 5 heteroatoms. The molecule has 0 aliphatic carbocycles. The lowest BCUT2D eigenvalue weighted by Crippen LogP contribution is -3.00. The van der Waals surface area contributed by atoms with E-state index in [4.69, 9.17) is 4.74 Å². The van der Waals surface area contributed by atoms with E-state index >= 15 is 0 Å².